The van der Waals surface area contributed by atoms with Gasteiger partial charge in [0.1, 0.15) is 23.5 Å². The first-order valence-electron chi connectivity index (χ1n) is 8.82. The molecule has 1 aliphatic rings. The van der Waals surface area contributed by atoms with Crippen molar-refractivity contribution in [3.05, 3.63) is 59.1 Å². The summed E-state index contributed by atoms with van der Waals surface area (Å²) in [4.78, 5) is 23.1. The van der Waals surface area contributed by atoms with E-state index in [9.17, 15) is 9.18 Å². The Balaban J connectivity index is 1.44. The van der Waals surface area contributed by atoms with Crippen molar-refractivity contribution >= 4 is 44.2 Å². The number of benzene rings is 2. The fourth-order valence-corrected chi connectivity index (χ4v) is 3.69. The predicted octanol–water partition coefficient (Wildman–Crippen LogP) is 4.39. The first kappa shape index (κ1) is 17.9. The lowest BCUT2D eigenvalue weighted by Gasteiger charge is -2.32. The lowest BCUT2D eigenvalue weighted by molar-refractivity contribution is -0.120. The molecule has 7 heteroatoms. The molecule has 0 bridgehead atoms. The van der Waals surface area contributed by atoms with E-state index in [1.165, 1.54) is 12.4 Å². The second-order valence-electron chi connectivity index (χ2n) is 6.59. The fourth-order valence-electron chi connectivity index (χ4n) is 3.42. The summed E-state index contributed by atoms with van der Waals surface area (Å²) in [5.74, 6) is 0.372. The van der Waals surface area contributed by atoms with Crippen LogP contribution in [0.25, 0.3) is 10.9 Å². The summed E-state index contributed by atoms with van der Waals surface area (Å²) in [6, 6.07) is 12.5. The topological polar surface area (TPSA) is 58.1 Å². The minimum Gasteiger partial charge on any atom is -0.356 e. The van der Waals surface area contributed by atoms with Crippen LogP contribution < -0.4 is 10.2 Å². The monoisotopic (exact) mass is 428 g/mol. The minimum absolute atomic E-state index is 0.0376. The van der Waals surface area contributed by atoms with Gasteiger partial charge in [0.05, 0.1) is 0 Å². The molecule has 5 nitrogen and oxygen atoms in total. The maximum Gasteiger partial charge on any atom is 0.227 e. The maximum atomic E-state index is 14.0. The van der Waals surface area contributed by atoms with Gasteiger partial charge in [-0.2, -0.15) is 0 Å². The average molecular weight is 429 g/mol. The molecule has 2 heterocycles. The van der Waals surface area contributed by atoms with Crippen LogP contribution in [0.3, 0.4) is 0 Å². The molecule has 1 N–H and O–H groups in total. The minimum atomic E-state index is -0.347. The molecule has 27 heavy (non-hydrogen) atoms. The first-order chi connectivity index (χ1) is 13.1. The van der Waals surface area contributed by atoms with Gasteiger partial charge < -0.3 is 10.2 Å². The van der Waals surface area contributed by atoms with E-state index in [1.54, 1.807) is 6.07 Å². The summed E-state index contributed by atoms with van der Waals surface area (Å²) in [7, 11) is 0. The van der Waals surface area contributed by atoms with Crippen LogP contribution in [0.5, 0.6) is 0 Å². The molecule has 1 fully saturated rings. The molecular formula is C20H18BrFN4O. The van der Waals surface area contributed by atoms with Gasteiger partial charge in [-0.05, 0) is 49.2 Å². The van der Waals surface area contributed by atoms with Gasteiger partial charge in [0, 0.05) is 34.6 Å². The number of rotatable bonds is 3. The van der Waals surface area contributed by atoms with Crippen LogP contribution in [0.15, 0.2) is 53.3 Å². The standard InChI is InChI=1S/C20H18BrFN4O/c21-14-4-6-15(7-5-14)25-20(27)13-8-10-26(11-9-13)19-16-2-1-3-17(22)18(16)23-12-24-19/h1-7,12-13H,8-11H2,(H,25,27). The molecule has 0 unspecified atom stereocenters. The molecular weight excluding hydrogens is 411 g/mol. The van der Waals surface area contributed by atoms with E-state index in [-0.39, 0.29) is 17.6 Å². The Morgan fingerprint density at radius 3 is 2.59 bits per heavy atom. The molecule has 0 saturated carbocycles. The van der Waals surface area contributed by atoms with Crippen LogP contribution >= 0.6 is 15.9 Å². The van der Waals surface area contributed by atoms with Crippen LogP contribution in [-0.4, -0.2) is 29.0 Å². The number of carbonyl (C=O) groups is 1. The van der Waals surface area contributed by atoms with Gasteiger partial charge in [0.2, 0.25) is 5.91 Å². The molecule has 0 aliphatic carbocycles. The quantitative estimate of drug-likeness (QED) is 0.671. The predicted molar refractivity (Wildman–Crippen MR) is 107 cm³/mol. The van der Waals surface area contributed by atoms with E-state index < -0.39 is 0 Å². The largest absolute Gasteiger partial charge is 0.356 e. The normalized spacial score (nSPS) is 15.1. The Hall–Kier alpha value is -2.54. The zero-order valence-electron chi connectivity index (χ0n) is 14.5. The zero-order chi connectivity index (χ0) is 18.8. The van der Waals surface area contributed by atoms with Crippen LogP contribution in [0.4, 0.5) is 15.9 Å². The average Bonchev–Trinajstić information content (AvgIpc) is 2.70. The number of halogens is 2. The zero-order valence-corrected chi connectivity index (χ0v) is 16.1. The van der Waals surface area contributed by atoms with Crippen molar-refractivity contribution < 1.29 is 9.18 Å². The van der Waals surface area contributed by atoms with Crippen molar-refractivity contribution in [2.75, 3.05) is 23.3 Å². The van der Waals surface area contributed by atoms with Gasteiger partial charge in [0.15, 0.2) is 0 Å². The Morgan fingerprint density at radius 1 is 1.11 bits per heavy atom. The Labute approximate surface area is 164 Å². The van der Waals surface area contributed by atoms with Crippen molar-refractivity contribution in [1.29, 1.82) is 0 Å². The summed E-state index contributed by atoms with van der Waals surface area (Å²) in [6.45, 7) is 1.39. The summed E-state index contributed by atoms with van der Waals surface area (Å²) >= 11 is 3.39. The second-order valence-corrected chi connectivity index (χ2v) is 7.51. The van der Waals surface area contributed by atoms with E-state index in [2.05, 4.69) is 36.1 Å². The molecule has 0 radical (unpaired) electrons. The Bertz CT molecular complexity index is 971. The highest BCUT2D eigenvalue weighted by Gasteiger charge is 2.26. The molecule has 1 amide bonds. The van der Waals surface area contributed by atoms with Gasteiger partial charge in [0.25, 0.3) is 0 Å². The SMILES string of the molecule is O=C(Nc1ccc(Br)cc1)C1CCN(c2ncnc3c(F)cccc23)CC1. The number of nitrogens with one attached hydrogen (secondary N) is 1. The van der Waals surface area contributed by atoms with Gasteiger partial charge in [-0.1, -0.05) is 22.0 Å². The number of piperidine rings is 1. The maximum absolute atomic E-state index is 14.0. The number of anilines is 2. The summed E-state index contributed by atoms with van der Waals surface area (Å²) < 4.78 is 14.9. The van der Waals surface area contributed by atoms with E-state index in [0.717, 1.165) is 28.8 Å². The first-order valence-corrected chi connectivity index (χ1v) is 9.62. The number of para-hydroxylation sites is 1. The molecule has 1 aromatic heterocycles. The number of aromatic nitrogens is 2. The molecule has 0 spiro atoms. The highest BCUT2D eigenvalue weighted by atomic mass is 79.9. The van der Waals surface area contributed by atoms with Gasteiger partial charge in [-0.3, -0.25) is 4.79 Å². The number of hydrogen-bond donors (Lipinski definition) is 1. The number of fused-ring (bicyclic) bond motifs is 1. The smallest absolute Gasteiger partial charge is 0.227 e. The lowest BCUT2D eigenvalue weighted by atomic mass is 9.95. The van der Waals surface area contributed by atoms with Crippen LogP contribution in [-0.2, 0) is 4.79 Å². The van der Waals surface area contributed by atoms with Gasteiger partial charge in [-0.25, -0.2) is 14.4 Å². The molecule has 2 aromatic carbocycles. The van der Waals surface area contributed by atoms with Crippen molar-refractivity contribution in [3.63, 3.8) is 0 Å². The van der Waals surface area contributed by atoms with Gasteiger partial charge >= 0.3 is 0 Å². The molecule has 1 saturated heterocycles. The number of amides is 1. The van der Waals surface area contributed by atoms with Crippen molar-refractivity contribution in [2.24, 2.45) is 5.92 Å². The molecule has 0 atom stereocenters. The van der Waals surface area contributed by atoms with Crippen molar-refractivity contribution in [2.45, 2.75) is 12.8 Å². The fraction of sp³-hybridized carbons (Fsp3) is 0.250. The van der Waals surface area contributed by atoms with E-state index >= 15 is 0 Å². The van der Waals surface area contributed by atoms with Crippen LogP contribution in [0.2, 0.25) is 0 Å². The second kappa shape index (κ2) is 7.60. The number of carbonyl (C=O) groups excluding carboxylic acids is 1. The number of hydrogen-bond acceptors (Lipinski definition) is 4. The van der Waals surface area contributed by atoms with E-state index in [0.29, 0.717) is 24.0 Å². The third-order valence-corrected chi connectivity index (χ3v) is 5.40. The summed E-state index contributed by atoms with van der Waals surface area (Å²) in [5.41, 5.74) is 1.13. The van der Waals surface area contributed by atoms with E-state index in [4.69, 9.17) is 0 Å². The highest BCUT2D eigenvalue weighted by molar-refractivity contribution is 9.10. The molecule has 1 aliphatic heterocycles. The number of nitrogens with zero attached hydrogens (tertiary/aromatic N) is 3. The van der Waals surface area contributed by atoms with E-state index in [1.807, 2.05) is 30.3 Å². The van der Waals surface area contributed by atoms with Crippen LogP contribution in [0.1, 0.15) is 12.8 Å². The van der Waals surface area contributed by atoms with Crippen molar-refractivity contribution in [3.8, 4) is 0 Å². The van der Waals surface area contributed by atoms with Crippen molar-refractivity contribution in [1.82, 2.24) is 9.97 Å². The molecule has 3 aromatic rings. The summed E-state index contributed by atoms with van der Waals surface area (Å²) in [5, 5.41) is 3.68. The lowest BCUT2D eigenvalue weighted by Crippen LogP contribution is -2.38. The van der Waals surface area contributed by atoms with Crippen LogP contribution in [0, 0.1) is 11.7 Å². The molecule has 4 rings (SSSR count). The Kier molecular flexibility index (Phi) is 5.03. The highest BCUT2D eigenvalue weighted by Crippen LogP contribution is 2.29. The summed E-state index contributed by atoms with van der Waals surface area (Å²) in [6.07, 6.45) is 2.85. The molecule has 138 valence electrons. The third-order valence-electron chi connectivity index (χ3n) is 4.87. The third kappa shape index (κ3) is 3.78. The van der Waals surface area contributed by atoms with Gasteiger partial charge in [-0.15, -0.1) is 0 Å². The Morgan fingerprint density at radius 2 is 1.85 bits per heavy atom.